The predicted molar refractivity (Wildman–Crippen MR) is 254 cm³/mol. The van der Waals surface area contributed by atoms with E-state index in [9.17, 15) is 4.79 Å². The average Bonchev–Trinajstić information content (AvgIpc) is 3.92. The Kier molecular flexibility index (Phi) is 14.8. The summed E-state index contributed by atoms with van der Waals surface area (Å²) in [5.74, 6) is 2.74. The third kappa shape index (κ3) is 11.1. The van der Waals surface area contributed by atoms with Crippen LogP contribution in [-0.2, 0) is 25.9 Å². The molecule has 2 atom stereocenters. The molecule has 352 valence electrons. The van der Waals surface area contributed by atoms with Gasteiger partial charge >= 0.3 is 18.2 Å². The number of nitrogens with one attached hydrogen (secondary N) is 4. The number of benzene rings is 2. The number of fused-ring (bicyclic) bond motifs is 2. The Labute approximate surface area is 387 Å². The number of ether oxygens (including phenoxy) is 4. The first-order valence-corrected chi connectivity index (χ1v) is 23.7. The number of hydrogen-bond acceptors (Lipinski definition) is 15. The van der Waals surface area contributed by atoms with Gasteiger partial charge in [0, 0.05) is 48.4 Å². The van der Waals surface area contributed by atoms with E-state index in [-0.39, 0.29) is 37.1 Å². The van der Waals surface area contributed by atoms with Crippen LogP contribution in [0.15, 0.2) is 48.8 Å². The third-order valence-corrected chi connectivity index (χ3v) is 12.0. The highest BCUT2D eigenvalue weighted by Gasteiger charge is 2.25. The lowest BCUT2D eigenvalue weighted by Gasteiger charge is -2.23. The highest BCUT2D eigenvalue weighted by molar-refractivity contribution is 5.69. The molecule has 2 aliphatic rings. The van der Waals surface area contributed by atoms with Crippen LogP contribution < -0.4 is 40.2 Å². The Morgan fingerprint density at radius 2 is 1.09 bits per heavy atom. The van der Waals surface area contributed by atoms with E-state index < -0.39 is 6.16 Å². The van der Waals surface area contributed by atoms with Gasteiger partial charge in [-0.15, -0.1) is 0 Å². The van der Waals surface area contributed by atoms with E-state index in [2.05, 4.69) is 99.0 Å². The fraction of sp³-hybridized carbons (Fsp3) is 0.531. The van der Waals surface area contributed by atoms with Crippen molar-refractivity contribution in [1.82, 2.24) is 49.8 Å². The molecule has 0 radical (unpaired) electrons. The fourth-order valence-corrected chi connectivity index (χ4v) is 8.65. The molecule has 0 amide bonds. The summed E-state index contributed by atoms with van der Waals surface area (Å²) in [6.07, 6.45) is 8.14. The van der Waals surface area contributed by atoms with E-state index in [4.69, 9.17) is 38.9 Å². The van der Waals surface area contributed by atoms with Gasteiger partial charge in [0.05, 0.1) is 12.4 Å². The topological polar surface area (TPSA) is 188 Å². The Morgan fingerprint density at radius 1 is 0.652 bits per heavy atom. The van der Waals surface area contributed by atoms with Crippen LogP contribution in [0.25, 0.3) is 11.3 Å². The van der Waals surface area contributed by atoms with Crippen molar-refractivity contribution in [3.05, 3.63) is 82.2 Å². The number of hydrogen-bond donors (Lipinski definition) is 4. The number of carbonyl (C=O) groups is 1. The standard InChI is InChI=1S/C49H66N12O5/c1-29(2)21-33-13-9-17-41(39(33)25-52-45-58-47(63-35-15-11-19-50-23-35)56-43-37(31(5)6)27-54-60(43)45)65-49(62)66-42-18-10-14-34(22-30(3)4)40(42)26-53-46-59-48(64-36-16-12-20-51-24-36)57-44-38(32(7)8)28-55-61(44)46/h9-10,13-14,17-18,27-32,35-36,50-51H,11-12,15-16,19-26H2,1-8H3,(H,52,56,58)(H,53,57,59)/t35-,36-/m1/s1. The third-order valence-electron chi connectivity index (χ3n) is 12.0. The first kappa shape index (κ1) is 46.5. The summed E-state index contributed by atoms with van der Waals surface area (Å²) in [5, 5.41) is 23.2. The summed E-state index contributed by atoms with van der Waals surface area (Å²) in [5.41, 5.74) is 7.01. The maximum Gasteiger partial charge on any atom is 0.519 e. The van der Waals surface area contributed by atoms with Crippen LogP contribution in [0.4, 0.5) is 16.7 Å². The van der Waals surface area contributed by atoms with E-state index >= 15 is 0 Å². The lowest BCUT2D eigenvalue weighted by molar-refractivity contribution is 0.151. The summed E-state index contributed by atoms with van der Waals surface area (Å²) in [6.45, 7) is 21.1. The first-order valence-electron chi connectivity index (χ1n) is 23.7. The molecule has 2 aliphatic heterocycles. The normalized spacial score (nSPS) is 16.7. The number of nitrogens with zero attached hydrogens (tertiary/aromatic N) is 8. The summed E-state index contributed by atoms with van der Waals surface area (Å²) in [4.78, 5) is 33.3. The maximum atomic E-state index is 14.1. The minimum absolute atomic E-state index is 0.0337. The van der Waals surface area contributed by atoms with Gasteiger partial charge in [-0.1, -0.05) is 79.7 Å². The molecule has 0 aliphatic carbocycles. The van der Waals surface area contributed by atoms with Crippen LogP contribution in [0.1, 0.15) is 126 Å². The van der Waals surface area contributed by atoms with Gasteiger partial charge in [0.15, 0.2) is 11.3 Å². The summed E-state index contributed by atoms with van der Waals surface area (Å²) in [7, 11) is 0. The fourth-order valence-electron chi connectivity index (χ4n) is 8.65. The molecule has 6 aromatic rings. The molecule has 6 heterocycles. The number of carbonyl (C=O) groups excluding carboxylic acids is 1. The number of rotatable bonds is 18. The molecular formula is C49H66N12O5. The van der Waals surface area contributed by atoms with Crippen molar-refractivity contribution in [3.8, 4) is 23.5 Å². The van der Waals surface area contributed by atoms with Crippen molar-refractivity contribution in [2.75, 3.05) is 36.8 Å². The molecule has 17 heteroatoms. The zero-order chi connectivity index (χ0) is 46.3. The second kappa shape index (κ2) is 21.0. The molecule has 2 saturated heterocycles. The van der Waals surface area contributed by atoms with Crippen molar-refractivity contribution in [2.45, 2.75) is 131 Å². The maximum absolute atomic E-state index is 14.1. The molecular weight excluding hydrogens is 837 g/mol. The van der Waals surface area contributed by atoms with Crippen molar-refractivity contribution >= 4 is 29.3 Å². The van der Waals surface area contributed by atoms with Gasteiger partial charge in [0.25, 0.3) is 0 Å². The van der Waals surface area contributed by atoms with Crippen molar-refractivity contribution < 1.29 is 23.7 Å². The second-order valence-electron chi connectivity index (χ2n) is 19.0. The summed E-state index contributed by atoms with van der Waals surface area (Å²) >= 11 is 0. The highest BCUT2D eigenvalue weighted by Crippen LogP contribution is 2.31. The smallest absolute Gasteiger partial charge is 0.459 e. The highest BCUT2D eigenvalue weighted by atomic mass is 16.7. The summed E-state index contributed by atoms with van der Waals surface area (Å²) < 4.78 is 28.4. The van der Waals surface area contributed by atoms with Gasteiger partial charge in [-0.3, -0.25) is 0 Å². The zero-order valence-electron chi connectivity index (χ0n) is 39.7. The molecule has 0 bridgehead atoms. The number of aromatic nitrogens is 8. The van der Waals surface area contributed by atoms with E-state index in [0.717, 1.165) is 98.1 Å². The molecule has 2 fully saturated rings. The van der Waals surface area contributed by atoms with Gasteiger partial charge in [-0.25, -0.2) is 4.79 Å². The average molecular weight is 903 g/mol. The van der Waals surface area contributed by atoms with E-state index in [0.29, 0.717) is 58.5 Å². The van der Waals surface area contributed by atoms with E-state index in [1.807, 2.05) is 24.5 Å². The van der Waals surface area contributed by atoms with Gasteiger partial charge in [-0.2, -0.15) is 39.2 Å². The first-order chi connectivity index (χ1) is 31.9. The van der Waals surface area contributed by atoms with E-state index in [1.54, 1.807) is 21.2 Å². The monoisotopic (exact) mass is 903 g/mol. The van der Waals surface area contributed by atoms with Crippen LogP contribution in [-0.4, -0.2) is 83.7 Å². The Bertz CT molecular complexity index is 2420. The quantitative estimate of drug-likeness (QED) is 0.0476. The van der Waals surface area contributed by atoms with Crippen LogP contribution in [0.3, 0.4) is 0 Å². The van der Waals surface area contributed by atoms with Crippen LogP contribution in [0, 0.1) is 11.8 Å². The van der Waals surface area contributed by atoms with Crippen LogP contribution in [0.2, 0.25) is 0 Å². The van der Waals surface area contributed by atoms with Gasteiger partial charge in [0.1, 0.15) is 23.7 Å². The van der Waals surface area contributed by atoms with Crippen molar-refractivity contribution in [3.63, 3.8) is 0 Å². The van der Waals surface area contributed by atoms with Gasteiger partial charge < -0.3 is 40.2 Å². The molecule has 0 saturated carbocycles. The van der Waals surface area contributed by atoms with Gasteiger partial charge in [0.2, 0.25) is 11.9 Å². The Balaban J connectivity index is 1.06. The van der Waals surface area contributed by atoms with E-state index in [1.165, 1.54) is 0 Å². The zero-order valence-corrected chi connectivity index (χ0v) is 39.7. The Hall–Kier alpha value is -6.07. The molecule has 4 aromatic heterocycles. The number of piperidine rings is 2. The molecule has 66 heavy (non-hydrogen) atoms. The molecule has 2 aromatic carbocycles. The molecule has 17 nitrogen and oxygen atoms in total. The SMILES string of the molecule is CC(C)Cc1cccc(OC(=O)Oc2cccc(CC(C)C)c2CNc2nc(O[C@@H]3CCCNC3)nc3c(C(C)C)cnn23)c1CNc1nc(O[C@@H]2CCCNC2)nc2c(C(C)C)cnn12. The van der Waals surface area contributed by atoms with Gasteiger partial charge in [-0.05, 0) is 98.5 Å². The lowest BCUT2D eigenvalue weighted by atomic mass is 9.97. The minimum atomic E-state index is -0.856. The number of anilines is 2. The Morgan fingerprint density at radius 3 is 1.47 bits per heavy atom. The molecule has 4 N–H and O–H groups in total. The second-order valence-corrected chi connectivity index (χ2v) is 19.0. The largest absolute Gasteiger partial charge is 0.519 e. The van der Waals surface area contributed by atoms with Crippen molar-refractivity contribution in [2.24, 2.45) is 11.8 Å². The molecule has 0 spiro atoms. The van der Waals surface area contributed by atoms with Crippen LogP contribution in [0.5, 0.6) is 23.5 Å². The van der Waals surface area contributed by atoms with Crippen molar-refractivity contribution in [1.29, 1.82) is 0 Å². The summed E-state index contributed by atoms with van der Waals surface area (Å²) in [6, 6.07) is 12.1. The molecule has 8 rings (SSSR count). The van der Waals surface area contributed by atoms with Crippen LogP contribution >= 0.6 is 0 Å². The predicted octanol–water partition coefficient (Wildman–Crippen LogP) is 8.27. The molecule has 0 unspecified atom stereocenters. The lowest BCUT2D eigenvalue weighted by Crippen LogP contribution is -2.37. The minimum Gasteiger partial charge on any atom is -0.459 e.